The minimum Gasteiger partial charge on any atom is -0.320 e. The van der Waals surface area contributed by atoms with Gasteiger partial charge in [-0.1, -0.05) is 23.7 Å². The molecule has 13 heteroatoms. The van der Waals surface area contributed by atoms with E-state index in [1.165, 1.54) is 20.2 Å². The van der Waals surface area contributed by atoms with Crippen LogP contribution in [0.4, 0.5) is 13.2 Å². The van der Waals surface area contributed by atoms with Crippen molar-refractivity contribution in [2.24, 2.45) is 23.8 Å². The second-order valence-electron chi connectivity index (χ2n) is 5.56. The number of hydrogen-bond donors (Lipinski definition) is 3. The fourth-order valence-corrected chi connectivity index (χ4v) is 2.55. The molecule has 0 radical (unpaired) electrons. The fourth-order valence-electron chi connectivity index (χ4n) is 2.23. The summed E-state index contributed by atoms with van der Waals surface area (Å²) in [6.45, 7) is 0. The highest BCUT2D eigenvalue weighted by Gasteiger charge is 2.31. The lowest BCUT2D eigenvalue weighted by Crippen LogP contribution is -2.46. The van der Waals surface area contributed by atoms with Crippen LogP contribution in [0.15, 0.2) is 34.2 Å². The van der Waals surface area contributed by atoms with E-state index in [9.17, 15) is 22.8 Å². The van der Waals surface area contributed by atoms with E-state index >= 15 is 0 Å². The molecule has 5 N–H and O–H groups in total. The van der Waals surface area contributed by atoms with E-state index in [4.69, 9.17) is 23.3 Å². The number of carbonyl (C=O) groups excluding carboxylic acids is 1. The average molecular weight is 418 g/mol. The first kappa shape index (κ1) is 21.2. The van der Waals surface area contributed by atoms with Crippen molar-refractivity contribution >= 4 is 23.5 Å². The van der Waals surface area contributed by atoms with Crippen molar-refractivity contribution < 1.29 is 18.0 Å². The Balaban J connectivity index is 2.63. The summed E-state index contributed by atoms with van der Waals surface area (Å²) in [6, 6.07) is 3.99. The molecule has 0 aliphatic rings. The van der Waals surface area contributed by atoms with Crippen LogP contribution in [-0.2, 0) is 13.2 Å². The van der Waals surface area contributed by atoms with Crippen molar-refractivity contribution in [2.45, 2.75) is 6.18 Å². The first-order valence-corrected chi connectivity index (χ1v) is 7.87. The molecule has 0 bridgehead atoms. The molecule has 0 aliphatic heterocycles. The van der Waals surface area contributed by atoms with E-state index in [1.54, 1.807) is 0 Å². The molecule has 1 heterocycles. The molecule has 1 aromatic carbocycles. The number of aromatic nitrogens is 2. The predicted molar refractivity (Wildman–Crippen MR) is 96.0 cm³/mol. The van der Waals surface area contributed by atoms with Crippen LogP contribution < -0.4 is 22.6 Å². The van der Waals surface area contributed by atoms with Crippen molar-refractivity contribution in [2.75, 3.05) is 7.05 Å². The number of nitrogens with two attached hydrogens (primary N) is 2. The molecule has 1 amide bonds. The number of benzene rings is 1. The van der Waals surface area contributed by atoms with Crippen LogP contribution in [0.3, 0.4) is 0 Å². The van der Waals surface area contributed by atoms with Crippen molar-refractivity contribution in [3.8, 4) is 11.1 Å². The van der Waals surface area contributed by atoms with Gasteiger partial charge in [0, 0.05) is 14.1 Å². The maximum Gasteiger partial charge on any atom is 0.416 e. The van der Waals surface area contributed by atoms with E-state index < -0.39 is 33.9 Å². The number of hydrogen-bond acceptors (Lipinski definition) is 6. The van der Waals surface area contributed by atoms with Gasteiger partial charge in [-0.05, 0) is 17.7 Å². The molecule has 0 saturated heterocycles. The topological polar surface area (TPSA) is 132 Å². The van der Waals surface area contributed by atoms with E-state index in [0.717, 1.165) is 27.9 Å². The molecular formula is C15H15ClF3N7O2. The summed E-state index contributed by atoms with van der Waals surface area (Å²) in [4.78, 5) is 24.9. The molecule has 0 fully saturated rings. The van der Waals surface area contributed by atoms with Crippen molar-refractivity contribution in [1.82, 2.24) is 20.1 Å². The summed E-state index contributed by atoms with van der Waals surface area (Å²) in [7, 11) is 2.56. The number of alkyl halides is 3. The Labute approximate surface area is 161 Å². The molecule has 0 atom stereocenters. The second-order valence-corrected chi connectivity index (χ2v) is 5.94. The van der Waals surface area contributed by atoms with Gasteiger partial charge in [-0.2, -0.15) is 18.3 Å². The van der Waals surface area contributed by atoms with Crippen LogP contribution in [0.2, 0.25) is 5.02 Å². The first-order valence-electron chi connectivity index (χ1n) is 7.49. The number of hydrazine groups is 1. The molecule has 2 aromatic rings. The highest BCUT2D eigenvalue weighted by atomic mass is 35.5. The van der Waals surface area contributed by atoms with Crippen LogP contribution in [0.1, 0.15) is 16.1 Å². The lowest BCUT2D eigenvalue weighted by atomic mass is 10.0. The average Bonchev–Trinajstić information content (AvgIpc) is 2.62. The molecule has 0 saturated carbocycles. The first-order chi connectivity index (χ1) is 13.0. The Hall–Kier alpha value is -3.12. The Bertz CT molecular complexity index is 1000. The van der Waals surface area contributed by atoms with Gasteiger partial charge in [-0.15, -0.1) is 5.10 Å². The summed E-state index contributed by atoms with van der Waals surface area (Å²) in [6.07, 6.45) is -4.63. The van der Waals surface area contributed by atoms with Gasteiger partial charge in [0.05, 0.1) is 16.1 Å². The Kier molecular flexibility index (Phi) is 5.95. The Morgan fingerprint density at radius 2 is 2.04 bits per heavy atom. The maximum absolute atomic E-state index is 13.0. The van der Waals surface area contributed by atoms with E-state index in [1.807, 2.05) is 0 Å². The van der Waals surface area contributed by atoms with Gasteiger partial charge in [0.2, 0.25) is 5.96 Å². The largest absolute Gasteiger partial charge is 0.416 e. The lowest BCUT2D eigenvalue weighted by Gasteiger charge is -2.16. The van der Waals surface area contributed by atoms with Crippen LogP contribution in [0, 0.1) is 0 Å². The van der Waals surface area contributed by atoms with Crippen LogP contribution >= 0.6 is 11.6 Å². The van der Waals surface area contributed by atoms with Gasteiger partial charge in [0.15, 0.2) is 5.69 Å². The van der Waals surface area contributed by atoms with Crippen LogP contribution in [0.25, 0.3) is 11.1 Å². The highest BCUT2D eigenvalue weighted by Crippen LogP contribution is 2.33. The number of nitrogens with one attached hydrogen (secondary N) is 1. The molecule has 28 heavy (non-hydrogen) atoms. The number of nitrogens with zero attached hydrogens (tertiary/aromatic N) is 4. The van der Waals surface area contributed by atoms with Crippen LogP contribution in [-0.4, -0.2) is 33.7 Å². The summed E-state index contributed by atoms with van der Waals surface area (Å²) < 4.78 is 39.8. The van der Waals surface area contributed by atoms with Crippen molar-refractivity contribution in [3.63, 3.8) is 0 Å². The fraction of sp³-hybridized carbons (Fsp3) is 0.200. The Morgan fingerprint density at radius 1 is 1.39 bits per heavy atom. The van der Waals surface area contributed by atoms with Gasteiger partial charge in [0.1, 0.15) is 0 Å². The minimum atomic E-state index is -4.63. The third kappa shape index (κ3) is 4.23. The van der Waals surface area contributed by atoms with Crippen molar-refractivity contribution in [3.05, 3.63) is 50.9 Å². The van der Waals surface area contributed by atoms with Gasteiger partial charge >= 0.3 is 6.18 Å². The molecule has 0 unspecified atom stereocenters. The van der Waals surface area contributed by atoms with E-state index in [2.05, 4.69) is 15.5 Å². The third-order valence-electron chi connectivity index (χ3n) is 3.56. The maximum atomic E-state index is 13.0. The standard InChI is InChI=1S/C15H15ClF3N7O2/c1-25(21)14(23-20)22-12(27)11-10(16)9(13(28)26(2)24-11)7-4-3-5-8(6-7)15(17,18)19/h3-6H,20-21H2,1-2H3,(H,22,23,27). The zero-order valence-corrected chi connectivity index (χ0v) is 15.3. The highest BCUT2D eigenvalue weighted by molar-refractivity contribution is 6.36. The molecule has 2 rings (SSSR count). The monoisotopic (exact) mass is 417 g/mol. The predicted octanol–water partition coefficient (Wildman–Crippen LogP) is 0.885. The zero-order valence-electron chi connectivity index (χ0n) is 14.6. The second kappa shape index (κ2) is 7.86. The SMILES string of the molecule is CN(N)/C(=N\N)NC(=O)c1nn(C)c(=O)c(-c2cccc(C(F)(F)F)c2)c1Cl. The van der Waals surface area contributed by atoms with Crippen molar-refractivity contribution in [1.29, 1.82) is 0 Å². The number of amides is 1. The number of halogens is 4. The van der Waals surface area contributed by atoms with E-state index in [0.29, 0.717) is 0 Å². The molecule has 150 valence electrons. The minimum absolute atomic E-state index is 0.125. The molecule has 1 aromatic heterocycles. The quantitative estimate of drug-likeness (QED) is 0.288. The summed E-state index contributed by atoms with van der Waals surface area (Å²) in [5.41, 5.74) is -2.64. The normalized spacial score (nSPS) is 12.0. The molecular weight excluding hydrogens is 403 g/mol. The Morgan fingerprint density at radius 3 is 2.57 bits per heavy atom. The van der Waals surface area contributed by atoms with Gasteiger partial charge in [0.25, 0.3) is 11.5 Å². The number of hydrazone groups is 1. The van der Waals surface area contributed by atoms with Gasteiger partial charge < -0.3 is 5.84 Å². The number of carbonyl (C=O) groups is 1. The van der Waals surface area contributed by atoms with Gasteiger partial charge in [-0.25, -0.2) is 10.5 Å². The number of rotatable bonds is 2. The molecule has 9 nitrogen and oxygen atoms in total. The van der Waals surface area contributed by atoms with E-state index in [-0.39, 0.29) is 17.1 Å². The lowest BCUT2D eigenvalue weighted by molar-refractivity contribution is -0.137. The molecule has 0 aliphatic carbocycles. The smallest absolute Gasteiger partial charge is 0.320 e. The van der Waals surface area contributed by atoms with Gasteiger partial charge in [-0.3, -0.25) is 19.9 Å². The zero-order chi connectivity index (χ0) is 21.2. The summed E-state index contributed by atoms with van der Waals surface area (Å²) >= 11 is 6.15. The summed E-state index contributed by atoms with van der Waals surface area (Å²) in [5, 5.41) is 9.72. The summed E-state index contributed by atoms with van der Waals surface area (Å²) in [5.74, 6) is 9.38. The number of guanidine groups is 1. The van der Waals surface area contributed by atoms with Crippen LogP contribution in [0.5, 0.6) is 0 Å². The molecule has 0 spiro atoms. The number of aryl methyl sites for hydroxylation is 1. The third-order valence-corrected chi connectivity index (χ3v) is 3.93.